The van der Waals surface area contributed by atoms with Gasteiger partial charge in [0.15, 0.2) is 11.0 Å². The average molecular weight is 470 g/mol. The number of nitrogens with one attached hydrogen (secondary N) is 1. The summed E-state index contributed by atoms with van der Waals surface area (Å²) >= 11 is 12.1. The molecule has 7 nitrogen and oxygen atoms in total. The number of thiocarbonyl (C=S) groups is 1. The largest absolute Gasteiger partial charge is 0.477 e. The fourth-order valence-corrected chi connectivity index (χ4v) is 5.55. The van der Waals surface area contributed by atoms with Crippen molar-refractivity contribution in [2.45, 2.75) is 56.6 Å². The Morgan fingerprint density at radius 1 is 1.28 bits per heavy atom. The SMILES string of the molecule is N#Cc1ccc(N2C(=O)C3(CCC3)N(C3=CN=C(OC4CCNCC4)CC3)C2=S)cc1Cl. The molecule has 1 aliphatic carbocycles. The molecule has 3 fully saturated rings. The van der Waals surface area contributed by atoms with Crippen molar-refractivity contribution in [2.24, 2.45) is 4.99 Å². The Morgan fingerprint density at radius 3 is 2.66 bits per heavy atom. The Kier molecular flexibility index (Phi) is 5.66. The molecule has 4 aliphatic rings. The first-order valence-electron chi connectivity index (χ1n) is 11.0. The molecule has 0 radical (unpaired) electrons. The Hall–Kier alpha value is -2.47. The maximum absolute atomic E-state index is 13.6. The maximum atomic E-state index is 13.6. The Labute approximate surface area is 197 Å². The molecular formula is C23H24ClN5O2S. The van der Waals surface area contributed by atoms with E-state index in [1.165, 1.54) is 0 Å². The van der Waals surface area contributed by atoms with Crippen LogP contribution in [0.5, 0.6) is 0 Å². The Bertz CT molecular complexity index is 1070. The van der Waals surface area contributed by atoms with Crippen LogP contribution in [-0.2, 0) is 9.53 Å². The quantitative estimate of drug-likeness (QED) is 0.677. The topological polar surface area (TPSA) is 81.0 Å². The first-order chi connectivity index (χ1) is 15.5. The summed E-state index contributed by atoms with van der Waals surface area (Å²) in [5.41, 5.74) is 1.26. The third-order valence-electron chi connectivity index (χ3n) is 6.75. The molecule has 166 valence electrons. The predicted octanol–water partition coefficient (Wildman–Crippen LogP) is 3.87. The number of halogens is 1. The van der Waals surface area contributed by atoms with Crippen LogP contribution in [0.15, 0.2) is 35.1 Å². The lowest BCUT2D eigenvalue weighted by Gasteiger charge is -2.44. The number of ether oxygens (including phenoxy) is 1. The van der Waals surface area contributed by atoms with Crippen LogP contribution in [0.1, 0.15) is 50.5 Å². The van der Waals surface area contributed by atoms with Crippen molar-refractivity contribution in [3.63, 3.8) is 0 Å². The number of rotatable bonds is 3. The van der Waals surface area contributed by atoms with Gasteiger partial charge in [-0.1, -0.05) is 11.6 Å². The molecule has 1 aromatic carbocycles. The molecule has 1 N–H and O–H groups in total. The fourth-order valence-electron chi connectivity index (χ4n) is 4.86. The van der Waals surface area contributed by atoms with Crippen LogP contribution in [0.25, 0.3) is 0 Å². The Morgan fingerprint density at radius 2 is 2.06 bits per heavy atom. The van der Waals surface area contributed by atoms with E-state index >= 15 is 0 Å². The number of allylic oxidation sites excluding steroid dienone is 1. The van der Waals surface area contributed by atoms with Crippen molar-refractivity contribution in [1.29, 1.82) is 5.26 Å². The average Bonchev–Trinajstić information content (AvgIpc) is 3.02. The van der Waals surface area contributed by atoms with Gasteiger partial charge in [-0.05, 0) is 82.0 Å². The number of piperidine rings is 1. The summed E-state index contributed by atoms with van der Waals surface area (Å²) in [5.74, 6) is 0.728. The lowest BCUT2D eigenvalue weighted by atomic mass is 9.75. The van der Waals surface area contributed by atoms with E-state index in [2.05, 4.69) is 10.3 Å². The number of carbonyl (C=O) groups excluding carboxylic acids is 1. The van der Waals surface area contributed by atoms with Crippen molar-refractivity contribution in [3.05, 3.63) is 40.7 Å². The minimum atomic E-state index is -0.647. The van der Waals surface area contributed by atoms with Crippen LogP contribution in [0.3, 0.4) is 0 Å². The smallest absolute Gasteiger partial charge is 0.259 e. The summed E-state index contributed by atoms with van der Waals surface area (Å²) in [6.07, 6.45) is 7.93. The molecule has 0 unspecified atom stereocenters. The van der Waals surface area contributed by atoms with Crippen LogP contribution in [0.4, 0.5) is 5.69 Å². The number of aliphatic imine (C=N–C) groups is 1. The van der Waals surface area contributed by atoms with Crippen molar-refractivity contribution in [2.75, 3.05) is 18.0 Å². The maximum Gasteiger partial charge on any atom is 0.259 e. The van der Waals surface area contributed by atoms with Crippen molar-refractivity contribution < 1.29 is 9.53 Å². The number of hydrogen-bond acceptors (Lipinski definition) is 6. The molecular weight excluding hydrogens is 446 g/mol. The van der Waals surface area contributed by atoms with E-state index in [9.17, 15) is 4.79 Å². The molecule has 1 amide bonds. The second kappa shape index (κ2) is 8.47. The summed E-state index contributed by atoms with van der Waals surface area (Å²) in [6.45, 7) is 1.95. The van der Waals surface area contributed by atoms with Crippen molar-refractivity contribution in [3.8, 4) is 6.07 Å². The van der Waals surface area contributed by atoms with Gasteiger partial charge < -0.3 is 15.0 Å². The van der Waals surface area contributed by atoms with Gasteiger partial charge in [0.1, 0.15) is 17.7 Å². The second-order valence-corrected chi connectivity index (χ2v) is 9.40. The monoisotopic (exact) mass is 469 g/mol. The summed E-state index contributed by atoms with van der Waals surface area (Å²) in [6, 6.07) is 7.04. The molecule has 0 atom stereocenters. The summed E-state index contributed by atoms with van der Waals surface area (Å²) in [5, 5.41) is 13.3. The summed E-state index contributed by atoms with van der Waals surface area (Å²) in [4.78, 5) is 21.7. The zero-order chi connectivity index (χ0) is 22.3. The molecule has 0 bridgehead atoms. The molecule has 1 aromatic rings. The van der Waals surface area contributed by atoms with Crippen LogP contribution in [0, 0.1) is 11.3 Å². The van der Waals surface area contributed by atoms with Crippen LogP contribution < -0.4 is 10.2 Å². The van der Waals surface area contributed by atoms with Gasteiger partial charge in [-0.15, -0.1) is 0 Å². The van der Waals surface area contributed by atoms with E-state index < -0.39 is 5.54 Å². The normalized spacial score (nSPS) is 23.0. The highest BCUT2D eigenvalue weighted by atomic mass is 35.5. The minimum absolute atomic E-state index is 0.0313. The molecule has 5 rings (SSSR count). The number of benzene rings is 1. The zero-order valence-electron chi connectivity index (χ0n) is 17.6. The summed E-state index contributed by atoms with van der Waals surface area (Å²) in [7, 11) is 0. The molecule has 3 aliphatic heterocycles. The van der Waals surface area contributed by atoms with E-state index in [0.29, 0.717) is 27.8 Å². The molecule has 32 heavy (non-hydrogen) atoms. The first-order valence-corrected chi connectivity index (χ1v) is 11.8. The fraction of sp³-hybridized carbons (Fsp3) is 0.478. The molecule has 2 saturated heterocycles. The number of hydrogen-bond donors (Lipinski definition) is 1. The lowest BCUT2D eigenvalue weighted by Crippen LogP contribution is -2.54. The van der Waals surface area contributed by atoms with E-state index in [1.54, 1.807) is 23.1 Å². The van der Waals surface area contributed by atoms with Crippen molar-refractivity contribution in [1.82, 2.24) is 10.2 Å². The zero-order valence-corrected chi connectivity index (χ0v) is 19.2. The molecule has 1 spiro atoms. The molecule has 0 aromatic heterocycles. The minimum Gasteiger partial charge on any atom is -0.477 e. The number of nitrogens with zero attached hydrogens (tertiary/aromatic N) is 4. The van der Waals surface area contributed by atoms with E-state index in [1.807, 2.05) is 17.2 Å². The highest BCUT2D eigenvalue weighted by Gasteiger charge is 2.60. The second-order valence-electron chi connectivity index (χ2n) is 8.63. The highest BCUT2D eigenvalue weighted by molar-refractivity contribution is 7.80. The third-order valence-corrected chi connectivity index (χ3v) is 7.43. The molecule has 3 heterocycles. The molecule has 1 saturated carbocycles. The van der Waals surface area contributed by atoms with Gasteiger partial charge in [0, 0.05) is 12.1 Å². The van der Waals surface area contributed by atoms with E-state index in [4.69, 9.17) is 33.8 Å². The number of carbonyl (C=O) groups is 1. The molecule has 9 heteroatoms. The van der Waals surface area contributed by atoms with E-state index in [0.717, 1.165) is 63.2 Å². The van der Waals surface area contributed by atoms with Crippen LogP contribution >= 0.6 is 23.8 Å². The number of nitriles is 1. The predicted molar refractivity (Wildman–Crippen MR) is 126 cm³/mol. The van der Waals surface area contributed by atoms with Gasteiger partial charge in [0.25, 0.3) is 5.91 Å². The third kappa shape index (κ3) is 3.49. The van der Waals surface area contributed by atoms with E-state index in [-0.39, 0.29) is 12.0 Å². The van der Waals surface area contributed by atoms with Gasteiger partial charge >= 0.3 is 0 Å². The van der Waals surface area contributed by atoms with Crippen LogP contribution in [-0.4, -0.2) is 46.5 Å². The Balaban J connectivity index is 1.41. The van der Waals surface area contributed by atoms with Gasteiger partial charge in [-0.2, -0.15) is 5.26 Å². The van der Waals surface area contributed by atoms with Gasteiger partial charge in [0.2, 0.25) is 0 Å². The standard InChI is InChI=1S/C23H24ClN5O2S/c24-19-12-16(3-2-15(19)13-25)28-21(30)23(8-1-9-23)29(22(28)32)17-4-5-20(27-14-17)31-18-6-10-26-11-7-18/h2-3,12,14,18,26H,1,4-11H2. The van der Waals surface area contributed by atoms with Crippen LogP contribution in [0.2, 0.25) is 5.02 Å². The van der Waals surface area contributed by atoms with Crippen molar-refractivity contribution >= 4 is 46.4 Å². The van der Waals surface area contributed by atoms with Gasteiger partial charge in [-0.25, -0.2) is 4.99 Å². The number of amides is 1. The lowest BCUT2D eigenvalue weighted by molar-refractivity contribution is -0.128. The highest BCUT2D eigenvalue weighted by Crippen LogP contribution is 2.48. The van der Waals surface area contributed by atoms with Gasteiger partial charge in [-0.3, -0.25) is 9.69 Å². The summed E-state index contributed by atoms with van der Waals surface area (Å²) < 4.78 is 6.10. The van der Waals surface area contributed by atoms with Gasteiger partial charge in [0.05, 0.1) is 22.5 Å². The first kappa shape index (κ1) is 21.4. The number of anilines is 1.